The first-order chi connectivity index (χ1) is 12.9. The Balaban J connectivity index is 1.70. The van der Waals surface area contributed by atoms with Gasteiger partial charge >= 0.3 is 0 Å². The molecule has 1 aromatic heterocycles. The molecule has 0 aliphatic carbocycles. The summed E-state index contributed by atoms with van der Waals surface area (Å²) in [5.74, 6) is 0.983. The number of rotatable bonds is 6. The predicted molar refractivity (Wildman–Crippen MR) is 105 cm³/mol. The smallest absolute Gasteiger partial charge is 0.246 e. The van der Waals surface area contributed by atoms with Crippen LogP contribution in [0.15, 0.2) is 41.6 Å². The van der Waals surface area contributed by atoms with E-state index in [9.17, 15) is 8.42 Å². The standard InChI is InChI=1S/C18H23ClN4O3S/c1-3-26-16-6-4-5-7-17(16)27(24,25)23-10-8-15(9-11-23)22(2)18-20-12-14(19)13-21-18/h4-7,12-13,15H,3,8-11H2,1-2H3. The van der Waals surface area contributed by atoms with Crippen molar-refractivity contribution in [3.63, 3.8) is 0 Å². The highest BCUT2D eigenvalue weighted by molar-refractivity contribution is 7.89. The number of aromatic nitrogens is 2. The summed E-state index contributed by atoms with van der Waals surface area (Å²) in [5, 5.41) is 0.487. The number of anilines is 1. The Kier molecular flexibility index (Phi) is 6.18. The maximum atomic E-state index is 13.1. The van der Waals surface area contributed by atoms with Gasteiger partial charge in [0.1, 0.15) is 10.6 Å². The number of para-hydroxylation sites is 1. The summed E-state index contributed by atoms with van der Waals surface area (Å²) in [4.78, 5) is 10.7. The van der Waals surface area contributed by atoms with Crippen LogP contribution < -0.4 is 9.64 Å². The lowest BCUT2D eigenvalue weighted by atomic mass is 10.1. The molecule has 0 radical (unpaired) electrons. The summed E-state index contributed by atoms with van der Waals surface area (Å²) >= 11 is 5.84. The first-order valence-electron chi connectivity index (χ1n) is 8.86. The third kappa shape index (κ3) is 4.34. The van der Waals surface area contributed by atoms with E-state index < -0.39 is 10.0 Å². The van der Waals surface area contributed by atoms with Crippen LogP contribution >= 0.6 is 11.6 Å². The predicted octanol–water partition coefficient (Wildman–Crippen LogP) is 2.82. The van der Waals surface area contributed by atoms with Gasteiger partial charge in [-0.05, 0) is 31.9 Å². The van der Waals surface area contributed by atoms with Crippen LogP contribution in [0.2, 0.25) is 5.02 Å². The number of sulfonamides is 1. The number of nitrogens with zero attached hydrogens (tertiary/aromatic N) is 4. The van der Waals surface area contributed by atoms with E-state index >= 15 is 0 Å². The monoisotopic (exact) mass is 410 g/mol. The van der Waals surface area contributed by atoms with Crippen molar-refractivity contribution in [3.8, 4) is 5.75 Å². The fourth-order valence-electron chi connectivity index (χ4n) is 3.20. The number of hydrogen-bond acceptors (Lipinski definition) is 6. The van der Waals surface area contributed by atoms with Crippen molar-refractivity contribution in [3.05, 3.63) is 41.7 Å². The second kappa shape index (κ2) is 8.41. The number of benzene rings is 1. The van der Waals surface area contributed by atoms with Gasteiger partial charge in [0.2, 0.25) is 16.0 Å². The Morgan fingerprint density at radius 3 is 2.48 bits per heavy atom. The van der Waals surface area contributed by atoms with Gasteiger partial charge in [-0.1, -0.05) is 23.7 Å². The zero-order valence-corrected chi connectivity index (χ0v) is 16.9. The lowest BCUT2D eigenvalue weighted by Gasteiger charge is -2.36. The Hall–Kier alpha value is -1.90. The van der Waals surface area contributed by atoms with Gasteiger partial charge in [-0.2, -0.15) is 4.31 Å². The number of halogens is 1. The van der Waals surface area contributed by atoms with Crippen LogP contribution in [0.5, 0.6) is 5.75 Å². The molecule has 0 unspecified atom stereocenters. The zero-order valence-electron chi connectivity index (χ0n) is 15.4. The SMILES string of the molecule is CCOc1ccccc1S(=O)(=O)N1CCC(N(C)c2ncc(Cl)cn2)CC1. The summed E-state index contributed by atoms with van der Waals surface area (Å²) in [5.41, 5.74) is 0. The molecule has 0 spiro atoms. The fraction of sp³-hybridized carbons (Fsp3) is 0.444. The van der Waals surface area contributed by atoms with Gasteiger partial charge in [0.25, 0.3) is 0 Å². The molecule has 9 heteroatoms. The summed E-state index contributed by atoms with van der Waals surface area (Å²) in [6.45, 7) is 3.13. The molecule has 2 aromatic rings. The minimum atomic E-state index is -3.59. The molecule has 1 saturated heterocycles. The van der Waals surface area contributed by atoms with E-state index in [0.717, 1.165) is 0 Å². The van der Waals surface area contributed by atoms with Gasteiger partial charge < -0.3 is 9.64 Å². The van der Waals surface area contributed by atoms with E-state index in [0.29, 0.717) is 49.3 Å². The Bertz CT molecular complexity index is 868. The van der Waals surface area contributed by atoms with E-state index in [4.69, 9.17) is 16.3 Å². The minimum absolute atomic E-state index is 0.166. The van der Waals surface area contributed by atoms with Crippen LogP contribution in [0, 0.1) is 0 Å². The van der Waals surface area contributed by atoms with Gasteiger partial charge in [-0.15, -0.1) is 0 Å². The molecule has 7 nitrogen and oxygen atoms in total. The maximum Gasteiger partial charge on any atom is 0.246 e. The second-order valence-corrected chi connectivity index (χ2v) is 8.67. The van der Waals surface area contributed by atoms with Crippen molar-refractivity contribution in [1.82, 2.24) is 14.3 Å². The van der Waals surface area contributed by atoms with Gasteiger partial charge in [0.15, 0.2) is 0 Å². The average molecular weight is 411 g/mol. The van der Waals surface area contributed by atoms with Crippen molar-refractivity contribution in [2.75, 3.05) is 31.6 Å². The van der Waals surface area contributed by atoms with Gasteiger partial charge in [0.05, 0.1) is 24.0 Å². The molecule has 1 fully saturated rings. The molecular formula is C18H23ClN4O3S. The van der Waals surface area contributed by atoms with E-state index in [1.807, 2.05) is 18.9 Å². The van der Waals surface area contributed by atoms with Crippen LogP contribution in [0.1, 0.15) is 19.8 Å². The van der Waals surface area contributed by atoms with Gasteiger partial charge in [0, 0.05) is 26.2 Å². The van der Waals surface area contributed by atoms with Crippen molar-refractivity contribution in [2.24, 2.45) is 0 Å². The average Bonchev–Trinajstić information content (AvgIpc) is 2.69. The minimum Gasteiger partial charge on any atom is -0.492 e. The summed E-state index contributed by atoms with van der Waals surface area (Å²) in [6.07, 6.45) is 4.51. The normalized spacial score (nSPS) is 16.3. The Labute approximate surface area is 165 Å². The molecule has 27 heavy (non-hydrogen) atoms. The fourth-order valence-corrected chi connectivity index (χ4v) is 4.90. The molecule has 1 aromatic carbocycles. The van der Waals surface area contributed by atoms with Crippen molar-refractivity contribution in [2.45, 2.75) is 30.7 Å². The van der Waals surface area contributed by atoms with E-state index in [1.54, 1.807) is 36.7 Å². The third-order valence-electron chi connectivity index (χ3n) is 4.66. The highest BCUT2D eigenvalue weighted by Crippen LogP contribution is 2.29. The Morgan fingerprint density at radius 1 is 1.22 bits per heavy atom. The van der Waals surface area contributed by atoms with Crippen molar-refractivity contribution < 1.29 is 13.2 Å². The lowest BCUT2D eigenvalue weighted by molar-refractivity contribution is 0.307. The quantitative estimate of drug-likeness (QED) is 0.728. The third-order valence-corrected chi connectivity index (χ3v) is 6.79. The Morgan fingerprint density at radius 2 is 1.85 bits per heavy atom. The molecule has 146 valence electrons. The molecule has 0 amide bonds. The molecule has 0 N–H and O–H groups in total. The largest absolute Gasteiger partial charge is 0.492 e. The van der Waals surface area contributed by atoms with Gasteiger partial charge in [-0.25, -0.2) is 18.4 Å². The van der Waals surface area contributed by atoms with Crippen LogP contribution in [0.3, 0.4) is 0 Å². The van der Waals surface area contributed by atoms with Crippen molar-refractivity contribution >= 4 is 27.6 Å². The summed E-state index contributed by atoms with van der Waals surface area (Å²) in [6, 6.07) is 6.94. The van der Waals surface area contributed by atoms with E-state index in [1.165, 1.54) is 4.31 Å². The highest BCUT2D eigenvalue weighted by Gasteiger charge is 2.33. The summed E-state index contributed by atoms with van der Waals surface area (Å²) in [7, 11) is -1.67. The highest BCUT2D eigenvalue weighted by atomic mass is 35.5. The first-order valence-corrected chi connectivity index (χ1v) is 10.7. The van der Waals surface area contributed by atoms with E-state index in [-0.39, 0.29) is 10.9 Å². The van der Waals surface area contributed by atoms with Crippen molar-refractivity contribution in [1.29, 1.82) is 0 Å². The van der Waals surface area contributed by atoms with Crippen LogP contribution in [0.25, 0.3) is 0 Å². The van der Waals surface area contributed by atoms with Crippen LogP contribution in [0.4, 0.5) is 5.95 Å². The first kappa shape index (κ1) is 19.9. The molecule has 1 aliphatic rings. The molecule has 1 aliphatic heterocycles. The van der Waals surface area contributed by atoms with Crippen LogP contribution in [-0.2, 0) is 10.0 Å². The number of piperidine rings is 1. The number of hydrogen-bond donors (Lipinski definition) is 0. The molecule has 0 atom stereocenters. The second-order valence-electron chi connectivity index (χ2n) is 6.33. The molecule has 0 bridgehead atoms. The number of ether oxygens (including phenoxy) is 1. The topological polar surface area (TPSA) is 75.6 Å². The summed E-state index contributed by atoms with van der Waals surface area (Å²) < 4.78 is 33.1. The molecule has 3 rings (SSSR count). The molecular weight excluding hydrogens is 388 g/mol. The lowest BCUT2D eigenvalue weighted by Crippen LogP contribution is -2.46. The molecule has 2 heterocycles. The molecule has 0 saturated carbocycles. The maximum absolute atomic E-state index is 13.1. The van der Waals surface area contributed by atoms with E-state index in [2.05, 4.69) is 9.97 Å². The zero-order chi connectivity index (χ0) is 19.4. The van der Waals surface area contributed by atoms with Crippen LogP contribution in [-0.4, -0.2) is 55.5 Å². The van der Waals surface area contributed by atoms with Gasteiger partial charge in [-0.3, -0.25) is 0 Å².